The van der Waals surface area contributed by atoms with Gasteiger partial charge in [-0.2, -0.15) is 0 Å². The monoisotopic (exact) mass is 331 g/mol. The van der Waals surface area contributed by atoms with E-state index in [1.807, 2.05) is 6.07 Å². The smallest absolute Gasteiger partial charge is 0.211 e. The molecule has 0 radical (unpaired) electrons. The topological polar surface area (TPSA) is 46.2 Å². The molecule has 1 N–H and O–H groups in total. The first kappa shape index (κ1) is 14.0. The second kappa shape index (κ2) is 6.17. The van der Waals surface area contributed by atoms with Crippen LogP contribution in [0, 0.1) is 5.92 Å². The van der Waals surface area contributed by atoms with E-state index in [-0.39, 0.29) is 0 Å². The molecular formula is C13H18BrNO2S. The highest BCUT2D eigenvalue weighted by molar-refractivity contribution is 9.09. The molecule has 1 aromatic rings. The van der Waals surface area contributed by atoms with Gasteiger partial charge in [0.05, 0.1) is 4.90 Å². The molecule has 0 heterocycles. The highest BCUT2D eigenvalue weighted by atomic mass is 79.9. The van der Waals surface area contributed by atoms with Crippen LogP contribution >= 0.6 is 15.9 Å². The second-order valence-electron chi connectivity index (χ2n) is 4.79. The summed E-state index contributed by atoms with van der Waals surface area (Å²) in [6.45, 7) is 0.541. The predicted molar refractivity (Wildman–Crippen MR) is 76.3 cm³/mol. The summed E-state index contributed by atoms with van der Waals surface area (Å²) >= 11 is 3.62. The number of sulfonamides is 1. The van der Waals surface area contributed by atoms with E-state index >= 15 is 0 Å². The summed E-state index contributed by atoms with van der Waals surface area (Å²) in [5.41, 5.74) is 0. The molecule has 3 nitrogen and oxygen atoms in total. The van der Waals surface area contributed by atoms with Crippen LogP contribution in [0.1, 0.15) is 25.7 Å². The van der Waals surface area contributed by atoms with Crippen molar-refractivity contribution in [2.45, 2.75) is 35.4 Å². The van der Waals surface area contributed by atoms with E-state index in [2.05, 4.69) is 20.7 Å². The third kappa shape index (κ3) is 3.80. The molecule has 5 heteroatoms. The maximum Gasteiger partial charge on any atom is 0.240 e. The second-order valence-corrected chi connectivity index (χ2v) is 7.86. The molecule has 0 spiro atoms. The third-order valence-electron chi connectivity index (χ3n) is 3.33. The molecular weight excluding hydrogens is 314 g/mol. The van der Waals surface area contributed by atoms with Crippen molar-refractivity contribution in [3.63, 3.8) is 0 Å². The Balaban J connectivity index is 1.93. The van der Waals surface area contributed by atoms with Gasteiger partial charge in [0.25, 0.3) is 0 Å². The van der Waals surface area contributed by atoms with Crippen molar-refractivity contribution in [3.05, 3.63) is 30.3 Å². The van der Waals surface area contributed by atoms with Crippen molar-refractivity contribution >= 4 is 26.0 Å². The molecule has 100 valence electrons. The van der Waals surface area contributed by atoms with Crippen LogP contribution in [0.15, 0.2) is 35.2 Å². The molecule has 0 aromatic heterocycles. The van der Waals surface area contributed by atoms with Gasteiger partial charge in [0, 0.05) is 11.4 Å². The zero-order valence-electron chi connectivity index (χ0n) is 10.2. The quantitative estimate of drug-likeness (QED) is 0.862. The zero-order chi connectivity index (χ0) is 13.0. The molecule has 0 aliphatic heterocycles. The van der Waals surface area contributed by atoms with Gasteiger partial charge in [-0.3, -0.25) is 0 Å². The molecule has 2 rings (SSSR count). The molecule has 1 aliphatic rings. The fourth-order valence-electron chi connectivity index (χ4n) is 2.32. The van der Waals surface area contributed by atoms with Crippen LogP contribution in [0.5, 0.6) is 0 Å². The Kier molecular flexibility index (Phi) is 4.81. The lowest BCUT2D eigenvalue weighted by molar-refractivity contribution is 0.368. The van der Waals surface area contributed by atoms with Gasteiger partial charge in [-0.15, -0.1) is 0 Å². The number of alkyl halides is 1. The first-order valence-electron chi connectivity index (χ1n) is 6.27. The Morgan fingerprint density at radius 3 is 2.61 bits per heavy atom. The molecule has 18 heavy (non-hydrogen) atoms. The van der Waals surface area contributed by atoms with E-state index in [0.29, 0.717) is 22.2 Å². The molecule has 0 saturated heterocycles. The van der Waals surface area contributed by atoms with Crippen LogP contribution < -0.4 is 4.72 Å². The maximum absolute atomic E-state index is 12.0. The van der Waals surface area contributed by atoms with Crippen molar-refractivity contribution in [1.29, 1.82) is 0 Å². The van der Waals surface area contributed by atoms with Gasteiger partial charge in [-0.05, 0) is 37.3 Å². The lowest BCUT2D eigenvalue weighted by atomic mass is 9.89. The average Bonchev–Trinajstić information content (AvgIpc) is 2.38. The highest BCUT2D eigenvalue weighted by Crippen LogP contribution is 2.28. The Hall–Kier alpha value is -0.390. The van der Waals surface area contributed by atoms with Gasteiger partial charge in [0.1, 0.15) is 0 Å². The van der Waals surface area contributed by atoms with Crippen molar-refractivity contribution < 1.29 is 8.42 Å². The van der Waals surface area contributed by atoms with Crippen molar-refractivity contribution in [1.82, 2.24) is 4.72 Å². The number of benzene rings is 1. The average molecular weight is 332 g/mol. The summed E-state index contributed by atoms with van der Waals surface area (Å²) in [6.07, 6.45) is 4.53. The van der Waals surface area contributed by atoms with Crippen molar-refractivity contribution in [2.75, 3.05) is 6.54 Å². The number of nitrogens with one attached hydrogen (secondary N) is 1. The van der Waals surface area contributed by atoms with Gasteiger partial charge < -0.3 is 0 Å². The summed E-state index contributed by atoms with van der Waals surface area (Å²) in [4.78, 5) is 0.883. The van der Waals surface area contributed by atoms with E-state index in [9.17, 15) is 8.42 Å². The third-order valence-corrected chi connectivity index (χ3v) is 5.61. The molecule has 1 fully saturated rings. The summed E-state index contributed by atoms with van der Waals surface area (Å²) in [5.74, 6) is 0.446. The minimum absolute atomic E-state index is 0.344. The summed E-state index contributed by atoms with van der Waals surface area (Å²) < 4.78 is 26.8. The Morgan fingerprint density at radius 1 is 1.22 bits per heavy atom. The summed E-state index contributed by atoms with van der Waals surface area (Å²) in [6, 6.07) is 8.54. The number of rotatable bonds is 4. The normalized spacial score (nSPS) is 24.9. The maximum atomic E-state index is 12.0. The molecule has 1 aromatic carbocycles. The number of hydrogen-bond donors (Lipinski definition) is 1. The van der Waals surface area contributed by atoms with E-state index < -0.39 is 10.0 Å². The fourth-order valence-corrected chi connectivity index (χ4v) is 4.31. The fraction of sp³-hybridized carbons (Fsp3) is 0.538. The first-order chi connectivity index (χ1) is 8.58. The van der Waals surface area contributed by atoms with Crippen molar-refractivity contribution in [2.24, 2.45) is 5.92 Å². The van der Waals surface area contributed by atoms with Gasteiger partial charge in [-0.25, -0.2) is 13.1 Å². The summed E-state index contributed by atoms with van der Waals surface area (Å²) in [7, 11) is -3.34. The molecule has 0 bridgehead atoms. The molecule has 2 unspecified atom stereocenters. The molecule has 1 aliphatic carbocycles. The number of hydrogen-bond acceptors (Lipinski definition) is 2. The minimum atomic E-state index is -3.34. The summed E-state index contributed by atoms with van der Waals surface area (Å²) in [5, 5.41) is 0. The van der Waals surface area contributed by atoms with E-state index in [1.54, 1.807) is 24.3 Å². The lowest BCUT2D eigenvalue weighted by Crippen LogP contribution is -2.32. The van der Waals surface area contributed by atoms with Crippen LogP contribution in [0.25, 0.3) is 0 Å². The molecule has 2 atom stereocenters. The van der Waals surface area contributed by atoms with Gasteiger partial charge in [-0.1, -0.05) is 40.5 Å². The Labute approximate surface area is 117 Å². The molecule has 0 amide bonds. The largest absolute Gasteiger partial charge is 0.240 e. The first-order valence-corrected chi connectivity index (χ1v) is 8.66. The minimum Gasteiger partial charge on any atom is -0.211 e. The Morgan fingerprint density at radius 2 is 1.94 bits per heavy atom. The lowest BCUT2D eigenvalue weighted by Gasteiger charge is -2.25. The Bertz CT molecular complexity index is 475. The van der Waals surface area contributed by atoms with Crippen LogP contribution in [-0.2, 0) is 10.0 Å². The number of halogens is 1. The standard InChI is InChI=1S/C13H18BrNO2S/c14-12-6-4-5-11(9-12)10-15-18(16,17)13-7-2-1-3-8-13/h1-3,7-8,11-12,15H,4-6,9-10H2. The van der Waals surface area contributed by atoms with Gasteiger partial charge in [0.2, 0.25) is 10.0 Å². The van der Waals surface area contributed by atoms with Crippen LogP contribution in [0.4, 0.5) is 0 Å². The van der Waals surface area contributed by atoms with E-state index in [1.165, 1.54) is 12.8 Å². The molecule has 1 saturated carbocycles. The SMILES string of the molecule is O=S(=O)(NCC1CCCC(Br)C1)c1ccccc1. The van der Waals surface area contributed by atoms with Gasteiger partial charge >= 0.3 is 0 Å². The van der Waals surface area contributed by atoms with E-state index in [4.69, 9.17) is 0 Å². The predicted octanol–water partition coefficient (Wildman–Crippen LogP) is 2.92. The van der Waals surface area contributed by atoms with Crippen LogP contribution in [0.2, 0.25) is 0 Å². The van der Waals surface area contributed by atoms with E-state index in [0.717, 1.165) is 12.8 Å². The zero-order valence-corrected chi connectivity index (χ0v) is 12.6. The highest BCUT2D eigenvalue weighted by Gasteiger charge is 2.22. The van der Waals surface area contributed by atoms with Gasteiger partial charge in [0.15, 0.2) is 0 Å². The van der Waals surface area contributed by atoms with Crippen LogP contribution in [0.3, 0.4) is 0 Å². The van der Waals surface area contributed by atoms with Crippen LogP contribution in [-0.4, -0.2) is 19.8 Å². The van der Waals surface area contributed by atoms with Crippen molar-refractivity contribution in [3.8, 4) is 0 Å².